The Kier molecular flexibility index (Phi) is 9.56. The van der Waals surface area contributed by atoms with Crippen LogP contribution in [-0.2, 0) is 29.1 Å². The molecule has 1 N–H and O–H groups in total. The summed E-state index contributed by atoms with van der Waals surface area (Å²) in [5.74, 6) is 0.0269. The maximum absolute atomic E-state index is 13.4. The van der Waals surface area contributed by atoms with Crippen molar-refractivity contribution in [2.45, 2.75) is 32.5 Å². The van der Waals surface area contributed by atoms with Crippen molar-refractivity contribution in [2.75, 3.05) is 14.2 Å². The fourth-order valence-electron chi connectivity index (χ4n) is 3.63. The first-order valence-electron chi connectivity index (χ1n) is 11.2. The van der Waals surface area contributed by atoms with E-state index in [0.29, 0.717) is 38.2 Å². The molecule has 0 unspecified atom stereocenters. The number of nitrogens with one attached hydrogen (secondary N) is 1. The highest BCUT2D eigenvalue weighted by molar-refractivity contribution is 6.35. The maximum Gasteiger partial charge on any atom is 0.242 e. The summed E-state index contributed by atoms with van der Waals surface area (Å²) in [6, 6.07) is 15.2. The summed E-state index contributed by atoms with van der Waals surface area (Å²) < 4.78 is 24.0. The minimum Gasteiger partial charge on any atom is -0.493 e. The highest BCUT2D eigenvalue weighted by Crippen LogP contribution is 2.28. The first-order valence-corrected chi connectivity index (χ1v) is 11.9. The average molecular weight is 533 g/mol. The van der Waals surface area contributed by atoms with E-state index in [1.54, 1.807) is 55.5 Å². The molecule has 0 heterocycles. The third-order valence-electron chi connectivity index (χ3n) is 5.70. The molecule has 0 saturated carbocycles. The second-order valence-corrected chi connectivity index (χ2v) is 8.99. The number of hydrogen-bond acceptors (Lipinski definition) is 4. The molecule has 9 heteroatoms. The van der Waals surface area contributed by atoms with E-state index in [1.807, 2.05) is 0 Å². The van der Waals surface area contributed by atoms with Crippen molar-refractivity contribution < 1.29 is 23.5 Å². The monoisotopic (exact) mass is 532 g/mol. The van der Waals surface area contributed by atoms with E-state index in [4.69, 9.17) is 32.7 Å². The summed E-state index contributed by atoms with van der Waals surface area (Å²) in [5.41, 5.74) is 2.09. The normalized spacial score (nSPS) is 11.5. The van der Waals surface area contributed by atoms with Gasteiger partial charge in [0.1, 0.15) is 11.9 Å². The predicted octanol–water partition coefficient (Wildman–Crippen LogP) is 5.43. The van der Waals surface area contributed by atoms with Crippen LogP contribution in [0, 0.1) is 5.82 Å². The van der Waals surface area contributed by atoms with Crippen molar-refractivity contribution >= 4 is 35.0 Å². The summed E-state index contributed by atoms with van der Waals surface area (Å²) in [7, 11) is 3.05. The molecule has 0 bridgehead atoms. The number of carbonyl (C=O) groups excluding carboxylic acids is 2. The lowest BCUT2D eigenvalue weighted by Crippen LogP contribution is -2.48. The van der Waals surface area contributed by atoms with Crippen molar-refractivity contribution in [3.63, 3.8) is 0 Å². The molecule has 0 radical (unpaired) electrons. The number of rotatable bonds is 10. The summed E-state index contributed by atoms with van der Waals surface area (Å²) >= 11 is 12.2. The highest BCUT2D eigenvalue weighted by Gasteiger charge is 2.26. The number of hydrogen-bond donors (Lipinski definition) is 1. The van der Waals surface area contributed by atoms with Crippen LogP contribution in [0.4, 0.5) is 4.39 Å². The molecule has 36 heavy (non-hydrogen) atoms. The van der Waals surface area contributed by atoms with Crippen LogP contribution in [0.2, 0.25) is 10.0 Å². The van der Waals surface area contributed by atoms with E-state index in [2.05, 4.69) is 5.32 Å². The van der Waals surface area contributed by atoms with Gasteiger partial charge in [0.05, 0.1) is 20.6 Å². The van der Waals surface area contributed by atoms with Crippen molar-refractivity contribution in [3.8, 4) is 11.5 Å². The number of ether oxygens (including phenoxy) is 2. The molecule has 0 aliphatic carbocycles. The van der Waals surface area contributed by atoms with Gasteiger partial charge in [-0.1, -0.05) is 47.5 Å². The first kappa shape index (κ1) is 27.3. The molecule has 1 atom stereocenters. The predicted molar refractivity (Wildman–Crippen MR) is 138 cm³/mol. The lowest BCUT2D eigenvalue weighted by Gasteiger charge is -2.29. The van der Waals surface area contributed by atoms with Crippen molar-refractivity contribution in [1.82, 2.24) is 10.2 Å². The van der Waals surface area contributed by atoms with Crippen molar-refractivity contribution in [3.05, 3.63) is 93.2 Å². The molecule has 0 aliphatic rings. The fraction of sp³-hybridized carbons (Fsp3) is 0.259. The second-order valence-electron chi connectivity index (χ2n) is 8.14. The Labute approximate surface area is 219 Å². The fourth-order valence-corrected chi connectivity index (χ4v) is 4.11. The summed E-state index contributed by atoms with van der Waals surface area (Å²) in [6.07, 6.45) is 0.0299. The third-order valence-corrected chi connectivity index (χ3v) is 6.29. The molecule has 6 nitrogen and oxygen atoms in total. The quantitative estimate of drug-likeness (QED) is 0.378. The van der Waals surface area contributed by atoms with Gasteiger partial charge in [-0.25, -0.2) is 4.39 Å². The lowest BCUT2D eigenvalue weighted by atomic mass is 10.1. The van der Waals surface area contributed by atoms with E-state index < -0.39 is 6.04 Å². The average Bonchev–Trinajstić information content (AvgIpc) is 2.87. The van der Waals surface area contributed by atoms with Crippen LogP contribution < -0.4 is 14.8 Å². The van der Waals surface area contributed by atoms with Crippen LogP contribution in [0.15, 0.2) is 60.7 Å². The van der Waals surface area contributed by atoms with E-state index in [-0.39, 0.29) is 37.1 Å². The molecule has 190 valence electrons. The molecular formula is C27H27Cl2FN2O4. The van der Waals surface area contributed by atoms with Gasteiger partial charge in [-0.3, -0.25) is 9.59 Å². The van der Waals surface area contributed by atoms with E-state index in [0.717, 1.165) is 0 Å². The standard InChI is InChI=1S/C27H27Cl2FN2O4/c1-17(27(34)31-15-20-7-8-21(28)14-23(20)29)32(16-18-4-9-22(30)10-5-18)26(33)13-19-6-11-24(35-2)25(12-19)36-3/h4-12,14,17H,13,15-16H2,1-3H3,(H,31,34)/t17-/m1/s1. The van der Waals surface area contributed by atoms with Gasteiger partial charge in [0.15, 0.2) is 11.5 Å². The van der Waals surface area contributed by atoms with Crippen LogP contribution in [0.5, 0.6) is 11.5 Å². The van der Waals surface area contributed by atoms with Crippen molar-refractivity contribution in [1.29, 1.82) is 0 Å². The topological polar surface area (TPSA) is 67.9 Å². The summed E-state index contributed by atoms with van der Waals surface area (Å²) in [4.78, 5) is 27.9. The SMILES string of the molecule is COc1ccc(CC(=O)N(Cc2ccc(F)cc2)[C@H](C)C(=O)NCc2ccc(Cl)cc2Cl)cc1OC. The van der Waals surface area contributed by atoms with Crippen LogP contribution in [0.3, 0.4) is 0 Å². The zero-order valence-corrected chi connectivity index (χ0v) is 21.7. The number of halogens is 3. The van der Waals surface area contributed by atoms with E-state index >= 15 is 0 Å². The Morgan fingerprint density at radius 3 is 2.25 bits per heavy atom. The number of benzene rings is 3. The number of nitrogens with zero attached hydrogens (tertiary/aromatic N) is 1. The summed E-state index contributed by atoms with van der Waals surface area (Å²) in [6.45, 7) is 1.95. The number of carbonyl (C=O) groups is 2. The molecule has 0 spiro atoms. The van der Waals surface area contributed by atoms with Gasteiger partial charge >= 0.3 is 0 Å². The van der Waals surface area contributed by atoms with E-state index in [1.165, 1.54) is 31.3 Å². The lowest BCUT2D eigenvalue weighted by molar-refractivity contribution is -0.140. The van der Waals surface area contributed by atoms with E-state index in [9.17, 15) is 14.0 Å². The molecule has 2 amide bonds. The second kappa shape index (κ2) is 12.6. The molecule has 0 aromatic heterocycles. The molecule has 0 fully saturated rings. The van der Waals surface area contributed by atoms with Crippen LogP contribution in [0.25, 0.3) is 0 Å². The van der Waals surface area contributed by atoms with Gasteiger partial charge < -0.3 is 19.7 Å². The maximum atomic E-state index is 13.4. The van der Waals surface area contributed by atoms with Gasteiger partial charge in [0.2, 0.25) is 11.8 Å². The van der Waals surface area contributed by atoms with Crippen LogP contribution in [-0.4, -0.2) is 37.0 Å². The Bertz CT molecular complexity index is 1220. The minimum atomic E-state index is -0.811. The molecule has 0 saturated heterocycles. The van der Waals surface area contributed by atoms with Gasteiger partial charge in [-0.05, 0) is 60.0 Å². The Balaban J connectivity index is 1.79. The zero-order valence-electron chi connectivity index (χ0n) is 20.2. The van der Waals surface area contributed by atoms with Gasteiger partial charge in [-0.15, -0.1) is 0 Å². The van der Waals surface area contributed by atoms with Crippen LogP contribution in [0.1, 0.15) is 23.6 Å². The largest absolute Gasteiger partial charge is 0.493 e. The van der Waals surface area contributed by atoms with Gasteiger partial charge in [0, 0.05) is 23.1 Å². The highest BCUT2D eigenvalue weighted by atomic mass is 35.5. The Morgan fingerprint density at radius 2 is 1.61 bits per heavy atom. The summed E-state index contributed by atoms with van der Waals surface area (Å²) in [5, 5.41) is 3.76. The zero-order chi connectivity index (χ0) is 26.2. The molecule has 3 rings (SSSR count). The van der Waals surface area contributed by atoms with Gasteiger partial charge in [-0.2, -0.15) is 0 Å². The molecule has 0 aliphatic heterocycles. The number of methoxy groups -OCH3 is 2. The molecule has 3 aromatic carbocycles. The Morgan fingerprint density at radius 1 is 0.944 bits per heavy atom. The van der Waals surface area contributed by atoms with Crippen LogP contribution >= 0.6 is 23.2 Å². The molecular weight excluding hydrogens is 506 g/mol. The smallest absolute Gasteiger partial charge is 0.242 e. The van der Waals surface area contributed by atoms with Gasteiger partial charge in [0.25, 0.3) is 0 Å². The molecule has 3 aromatic rings. The Hall–Kier alpha value is -3.29. The first-order chi connectivity index (χ1) is 17.2. The number of amides is 2. The van der Waals surface area contributed by atoms with Crippen molar-refractivity contribution in [2.24, 2.45) is 0 Å². The third kappa shape index (κ3) is 7.12. The minimum absolute atomic E-state index is 0.0299.